The number of anilines is 1. The number of unbranched alkanes of at least 4 members (excludes halogenated alkanes) is 1. The van der Waals surface area contributed by atoms with Crippen molar-refractivity contribution in [3.8, 4) is 16.3 Å². The molecule has 0 aliphatic carbocycles. The second-order valence-corrected chi connectivity index (χ2v) is 10.2. The van der Waals surface area contributed by atoms with E-state index >= 15 is 0 Å². The normalized spacial score (nSPS) is 10.8. The van der Waals surface area contributed by atoms with Crippen molar-refractivity contribution >= 4 is 66.4 Å². The number of hydrogen-bond acceptors (Lipinski definition) is 5. The van der Waals surface area contributed by atoms with E-state index in [0.29, 0.717) is 17.9 Å². The summed E-state index contributed by atoms with van der Waals surface area (Å²) in [4.78, 5) is 17.6. The van der Waals surface area contributed by atoms with Gasteiger partial charge in [-0.1, -0.05) is 35.3 Å². The SMILES string of the molecule is CCCCOc1ccc(Br)cc1C(=O)NC(=S)Nc1ccc(-c2nc3ccc(C)cc3s2)cc1. The van der Waals surface area contributed by atoms with Gasteiger partial charge in [-0.05, 0) is 85.7 Å². The predicted octanol–water partition coefficient (Wildman–Crippen LogP) is 7.34. The maximum atomic E-state index is 12.9. The van der Waals surface area contributed by atoms with E-state index in [1.54, 1.807) is 23.5 Å². The molecule has 174 valence electrons. The van der Waals surface area contributed by atoms with Crippen LogP contribution < -0.4 is 15.4 Å². The molecule has 0 atom stereocenters. The molecule has 1 amide bonds. The van der Waals surface area contributed by atoms with Crippen LogP contribution in [-0.4, -0.2) is 22.6 Å². The van der Waals surface area contributed by atoms with E-state index in [1.807, 2.05) is 36.4 Å². The van der Waals surface area contributed by atoms with Crippen LogP contribution in [0.3, 0.4) is 0 Å². The molecule has 4 aromatic rings. The number of benzene rings is 3. The minimum Gasteiger partial charge on any atom is -0.493 e. The van der Waals surface area contributed by atoms with Crippen LogP contribution in [0.15, 0.2) is 65.1 Å². The Morgan fingerprint density at radius 1 is 1.12 bits per heavy atom. The van der Waals surface area contributed by atoms with Crippen LogP contribution in [0.25, 0.3) is 20.8 Å². The van der Waals surface area contributed by atoms with E-state index in [9.17, 15) is 4.79 Å². The van der Waals surface area contributed by atoms with Gasteiger partial charge in [0.05, 0.1) is 22.4 Å². The summed E-state index contributed by atoms with van der Waals surface area (Å²) in [5, 5.41) is 7.00. The Balaban J connectivity index is 1.41. The third-order valence-electron chi connectivity index (χ3n) is 5.10. The molecule has 2 N–H and O–H groups in total. The molecule has 5 nitrogen and oxygen atoms in total. The molecule has 3 aromatic carbocycles. The average molecular weight is 555 g/mol. The Kier molecular flexibility index (Phi) is 7.92. The lowest BCUT2D eigenvalue weighted by Crippen LogP contribution is -2.34. The van der Waals surface area contributed by atoms with Crippen LogP contribution in [0.4, 0.5) is 5.69 Å². The first-order chi connectivity index (χ1) is 16.4. The largest absolute Gasteiger partial charge is 0.493 e. The van der Waals surface area contributed by atoms with Gasteiger partial charge in [0, 0.05) is 15.7 Å². The molecule has 1 aromatic heterocycles. The van der Waals surface area contributed by atoms with Crippen molar-refractivity contribution in [3.63, 3.8) is 0 Å². The number of ether oxygens (including phenoxy) is 1. The lowest BCUT2D eigenvalue weighted by atomic mass is 10.2. The number of halogens is 1. The van der Waals surface area contributed by atoms with Crippen LogP contribution in [0.2, 0.25) is 0 Å². The molecule has 0 fully saturated rings. The van der Waals surface area contributed by atoms with E-state index in [1.165, 1.54) is 10.3 Å². The average Bonchev–Trinajstić information content (AvgIpc) is 3.23. The molecule has 1 heterocycles. The fourth-order valence-electron chi connectivity index (χ4n) is 3.32. The van der Waals surface area contributed by atoms with Gasteiger partial charge in [0.15, 0.2) is 5.11 Å². The fourth-order valence-corrected chi connectivity index (χ4v) is 4.96. The van der Waals surface area contributed by atoms with Crippen LogP contribution in [-0.2, 0) is 0 Å². The van der Waals surface area contributed by atoms with Gasteiger partial charge in [0.1, 0.15) is 10.8 Å². The number of nitrogens with one attached hydrogen (secondary N) is 2. The van der Waals surface area contributed by atoms with Crippen molar-refractivity contribution < 1.29 is 9.53 Å². The van der Waals surface area contributed by atoms with E-state index in [4.69, 9.17) is 21.9 Å². The van der Waals surface area contributed by atoms with E-state index in [-0.39, 0.29) is 11.0 Å². The van der Waals surface area contributed by atoms with Crippen LogP contribution in [0, 0.1) is 6.92 Å². The molecule has 0 bridgehead atoms. The Bertz CT molecular complexity index is 1340. The number of aryl methyl sites for hydroxylation is 1. The lowest BCUT2D eigenvalue weighted by Gasteiger charge is -2.13. The lowest BCUT2D eigenvalue weighted by molar-refractivity contribution is 0.0973. The molecule has 8 heteroatoms. The van der Waals surface area contributed by atoms with E-state index in [2.05, 4.69) is 52.5 Å². The number of aromatic nitrogens is 1. The third kappa shape index (κ3) is 6.00. The first-order valence-corrected chi connectivity index (χ1v) is 13.0. The molecule has 0 spiro atoms. The number of hydrogen-bond donors (Lipinski definition) is 2. The van der Waals surface area contributed by atoms with Crippen molar-refractivity contribution in [2.75, 3.05) is 11.9 Å². The zero-order valence-electron chi connectivity index (χ0n) is 18.9. The van der Waals surface area contributed by atoms with Gasteiger partial charge in [0.25, 0.3) is 5.91 Å². The number of carbonyl (C=O) groups excluding carboxylic acids is 1. The van der Waals surface area contributed by atoms with Crippen LogP contribution >= 0.6 is 39.5 Å². The summed E-state index contributed by atoms with van der Waals surface area (Å²) >= 11 is 10.5. The number of carbonyl (C=O) groups is 1. The standard InChI is InChI=1S/C26H24BrN3O2S2/c1-3-4-13-32-22-12-8-18(27)15-20(22)24(31)30-26(33)28-19-9-6-17(7-10-19)25-29-21-11-5-16(2)14-23(21)34-25/h5-12,14-15H,3-4,13H2,1-2H3,(H2,28,30,31,33). The molecule has 0 aliphatic rings. The Morgan fingerprint density at radius 3 is 2.68 bits per heavy atom. The third-order valence-corrected chi connectivity index (χ3v) is 6.87. The second kappa shape index (κ2) is 11.1. The number of thiazole rings is 1. The maximum absolute atomic E-state index is 12.9. The number of rotatable bonds is 7. The summed E-state index contributed by atoms with van der Waals surface area (Å²) in [6.07, 6.45) is 1.94. The molecule has 4 rings (SSSR count). The number of nitrogens with zero attached hydrogens (tertiary/aromatic N) is 1. The van der Waals surface area contributed by atoms with Gasteiger partial charge >= 0.3 is 0 Å². The second-order valence-electron chi connectivity index (χ2n) is 7.82. The summed E-state index contributed by atoms with van der Waals surface area (Å²) < 4.78 is 7.75. The summed E-state index contributed by atoms with van der Waals surface area (Å²) in [7, 11) is 0. The highest BCUT2D eigenvalue weighted by atomic mass is 79.9. The molecular formula is C26H24BrN3O2S2. The molecule has 0 radical (unpaired) electrons. The van der Waals surface area contributed by atoms with Gasteiger partial charge < -0.3 is 10.1 Å². The number of fused-ring (bicyclic) bond motifs is 1. The Morgan fingerprint density at radius 2 is 1.91 bits per heavy atom. The van der Waals surface area contributed by atoms with Gasteiger partial charge in [-0.15, -0.1) is 11.3 Å². The number of thiocarbonyl (C=S) groups is 1. The van der Waals surface area contributed by atoms with E-state index < -0.39 is 0 Å². The molecule has 0 unspecified atom stereocenters. The summed E-state index contributed by atoms with van der Waals surface area (Å²) in [6, 6.07) is 19.5. The molecule has 0 aliphatic heterocycles. The van der Waals surface area contributed by atoms with Crippen molar-refractivity contribution in [3.05, 3.63) is 76.3 Å². The molecular weight excluding hydrogens is 530 g/mol. The highest BCUT2D eigenvalue weighted by molar-refractivity contribution is 9.10. The quantitative estimate of drug-likeness (QED) is 0.185. The monoisotopic (exact) mass is 553 g/mol. The van der Waals surface area contributed by atoms with Crippen molar-refractivity contribution in [1.82, 2.24) is 10.3 Å². The van der Waals surface area contributed by atoms with E-state index in [0.717, 1.165) is 39.1 Å². The highest BCUT2D eigenvalue weighted by Gasteiger charge is 2.15. The first-order valence-electron chi connectivity index (χ1n) is 11.0. The summed E-state index contributed by atoms with van der Waals surface area (Å²) in [5.41, 5.74) is 4.46. The van der Waals surface area contributed by atoms with Gasteiger partial charge in [-0.25, -0.2) is 4.98 Å². The zero-order valence-corrected chi connectivity index (χ0v) is 22.1. The first kappa shape index (κ1) is 24.3. The maximum Gasteiger partial charge on any atom is 0.261 e. The van der Waals surface area contributed by atoms with Crippen LogP contribution in [0.1, 0.15) is 35.7 Å². The number of amides is 1. The van der Waals surface area contributed by atoms with Gasteiger partial charge in [0.2, 0.25) is 0 Å². The highest BCUT2D eigenvalue weighted by Crippen LogP contribution is 2.31. The molecule has 0 saturated carbocycles. The molecule has 34 heavy (non-hydrogen) atoms. The predicted molar refractivity (Wildman–Crippen MR) is 148 cm³/mol. The van der Waals surface area contributed by atoms with Crippen LogP contribution in [0.5, 0.6) is 5.75 Å². The fraction of sp³-hybridized carbons (Fsp3) is 0.192. The minimum atomic E-state index is -0.327. The molecule has 0 saturated heterocycles. The van der Waals surface area contributed by atoms with Crippen molar-refractivity contribution in [2.45, 2.75) is 26.7 Å². The van der Waals surface area contributed by atoms with Gasteiger partial charge in [-0.2, -0.15) is 0 Å². The van der Waals surface area contributed by atoms with Crippen molar-refractivity contribution in [2.24, 2.45) is 0 Å². The zero-order chi connectivity index (χ0) is 24.1. The van der Waals surface area contributed by atoms with Crippen molar-refractivity contribution in [1.29, 1.82) is 0 Å². The Labute approximate surface area is 216 Å². The smallest absolute Gasteiger partial charge is 0.261 e. The summed E-state index contributed by atoms with van der Waals surface area (Å²) in [5.74, 6) is 0.207. The Hall–Kier alpha value is -2.81. The van der Waals surface area contributed by atoms with Gasteiger partial charge in [-0.3, -0.25) is 10.1 Å². The minimum absolute atomic E-state index is 0.215. The summed E-state index contributed by atoms with van der Waals surface area (Å²) in [6.45, 7) is 4.73. The topological polar surface area (TPSA) is 63.2 Å².